The molecular formula is C38H41F8N3O4. The molecule has 0 bridgehead atoms. The number of nitrogens with zero attached hydrogens (tertiary/aromatic N) is 2. The van der Waals surface area contributed by atoms with Gasteiger partial charge in [0, 0.05) is 29.9 Å². The number of carboxylic acids is 1. The van der Waals surface area contributed by atoms with Crippen LogP contribution in [0, 0.1) is 31.4 Å². The Morgan fingerprint density at radius 3 is 2.13 bits per heavy atom. The summed E-state index contributed by atoms with van der Waals surface area (Å²) in [5.74, 6) is -6.87. The molecule has 2 aliphatic rings. The van der Waals surface area contributed by atoms with E-state index in [1.807, 2.05) is 4.90 Å². The number of aliphatic carboxylic acids is 1. The molecule has 2 fully saturated rings. The van der Waals surface area contributed by atoms with Crippen LogP contribution in [0.2, 0.25) is 0 Å². The van der Waals surface area contributed by atoms with E-state index in [1.165, 1.54) is 0 Å². The number of hydrogen-bond donors (Lipinski definition) is 2. The molecule has 1 unspecified atom stereocenters. The van der Waals surface area contributed by atoms with Gasteiger partial charge in [0.1, 0.15) is 17.7 Å². The second-order valence-electron chi connectivity index (χ2n) is 14.5. The van der Waals surface area contributed by atoms with Crippen molar-refractivity contribution in [2.75, 3.05) is 19.6 Å². The van der Waals surface area contributed by atoms with Crippen molar-refractivity contribution >= 4 is 11.9 Å². The first-order chi connectivity index (χ1) is 24.7. The number of halogens is 8. The van der Waals surface area contributed by atoms with Crippen molar-refractivity contribution in [3.8, 4) is 11.1 Å². The Hall–Kier alpha value is -4.27. The number of carboxylic acid groups (broad SMARTS) is 1. The van der Waals surface area contributed by atoms with Crippen LogP contribution >= 0.6 is 0 Å². The van der Waals surface area contributed by atoms with Crippen molar-refractivity contribution in [3.63, 3.8) is 0 Å². The third kappa shape index (κ3) is 8.76. The maximum absolute atomic E-state index is 16.7. The predicted octanol–water partition coefficient (Wildman–Crippen LogP) is 8.49. The number of aryl methyl sites for hydroxylation is 1. The summed E-state index contributed by atoms with van der Waals surface area (Å²) in [6, 6.07) is 0.253. The summed E-state index contributed by atoms with van der Waals surface area (Å²) in [7, 11) is 0. The third-order valence-electron chi connectivity index (χ3n) is 10.0. The molecule has 288 valence electrons. The number of benzene rings is 2. The van der Waals surface area contributed by atoms with Gasteiger partial charge >= 0.3 is 18.3 Å². The summed E-state index contributed by atoms with van der Waals surface area (Å²) in [5.41, 5.74) is -4.87. The number of pyridine rings is 1. The quantitative estimate of drug-likeness (QED) is 0.171. The van der Waals surface area contributed by atoms with E-state index in [1.54, 1.807) is 39.8 Å². The van der Waals surface area contributed by atoms with Crippen molar-refractivity contribution in [3.05, 3.63) is 91.4 Å². The number of aromatic nitrogens is 1. The van der Waals surface area contributed by atoms with Crippen LogP contribution in [0.5, 0.6) is 0 Å². The van der Waals surface area contributed by atoms with Crippen LogP contribution in [0.4, 0.5) is 35.1 Å². The third-order valence-corrected chi connectivity index (χ3v) is 10.0. The predicted molar refractivity (Wildman–Crippen MR) is 180 cm³/mol. The highest BCUT2D eigenvalue weighted by Crippen LogP contribution is 2.47. The summed E-state index contributed by atoms with van der Waals surface area (Å²) in [4.78, 5) is 41.3. The lowest BCUT2D eigenvalue weighted by Crippen LogP contribution is -2.41. The molecule has 2 aromatic carbocycles. The van der Waals surface area contributed by atoms with Crippen molar-refractivity contribution in [1.29, 1.82) is 0 Å². The summed E-state index contributed by atoms with van der Waals surface area (Å²) in [5, 5.41) is 12.0. The molecule has 2 heterocycles. The first-order valence-electron chi connectivity index (χ1n) is 17.4. The molecule has 0 spiro atoms. The molecule has 1 saturated carbocycles. The standard InChI is InChI=1S/C38H41F8N3O4/c1-19(2)14-29(49-18-23(10-13-48-11-5-12-48)26(16-30(49)50)37(41,42)43)36(53)47-28(17-31(51)52)33-34(39)25(15-27(35(33)40)38(44,45)46)32-20(3)6-9-24(21(32)4)22-7-8-22/h6,9,15-16,18-19,22,28-29H,5,7-8,10-14,17H2,1-4H3,(H,47,53)(H,51,52)/t28-,29?/m0/s1. The molecule has 15 heteroatoms. The van der Waals surface area contributed by atoms with E-state index in [0.717, 1.165) is 35.6 Å². The Morgan fingerprint density at radius 1 is 0.962 bits per heavy atom. The van der Waals surface area contributed by atoms with E-state index < -0.39 is 88.1 Å². The van der Waals surface area contributed by atoms with Crippen molar-refractivity contribution < 1.29 is 49.8 Å². The molecule has 1 aromatic heterocycles. The van der Waals surface area contributed by atoms with Gasteiger partial charge in [0.25, 0.3) is 5.56 Å². The van der Waals surface area contributed by atoms with Crippen LogP contribution in [-0.4, -0.2) is 46.1 Å². The van der Waals surface area contributed by atoms with Gasteiger partial charge in [-0.2, -0.15) is 26.3 Å². The Balaban J connectivity index is 1.64. The van der Waals surface area contributed by atoms with Crippen molar-refractivity contribution in [1.82, 2.24) is 14.8 Å². The van der Waals surface area contributed by atoms with Gasteiger partial charge in [-0.15, -0.1) is 0 Å². The minimum absolute atomic E-state index is 0.0683. The SMILES string of the molecule is Cc1ccc(C2CC2)c(C)c1-c1cc(C(F)(F)F)c(F)c([C@H](CC(=O)O)NC(=O)C(CC(C)C)n2cc(CCN3CCC3)c(C(F)(F)F)cc2=O)c1F. The van der Waals surface area contributed by atoms with Crippen LogP contribution < -0.4 is 10.9 Å². The van der Waals surface area contributed by atoms with E-state index in [-0.39, 0.29) is 36.4 Å². The largest absolute Gasteiger partial charge is 0.481 e. The molecule has 5 rings (SSSR count). The Bertz CT molecular complexity index is 1950. The van der Waals surface area contributed by atoms with Crippen molar-refractivity contribution in [2.45, 2.75) is 96.6 Å². The fraction of sp³-hybridized carbons (Fsp3) is 0.500. The summed E-state index contributed by atoms with van der Waals surface area (Å²) in [6.45, 7) is 8.02. The van der Waals surface area contributed by atoms with Gasteiger partial charge < -0.3 is 19.9 Å². The number of hydrogen-bond acceptors (Lipinski definition) is 4. The molecule has 53 heavy (non-hydrogen) atoms. The number of alkyl halides is 6. The Labute approximate surface area is 301 Å². The number of nitrogens with one attached hydrogen (secondary N) is 1. The molecular weight excluding hydrogens is 714 g/mol. The normalized spacial score (nSPS) is 16.4. The number of amides is 1. The second-order valence-corrected chi connectivity index (χ2v) is 14.5. The highest BCUT2D eigenvalue weighted by atomic mass is 19.4. The van der Waals surface area contributed by atoms with Gasteiger partial charge in [-0.3, -0.25) is 14.4 Å². The zero-order valence-corrected chi connectivity index (χ0v) is 29.7. The van der Waals surface area contributed by atoms with Gasteiger partial charge in [0.05, 0.1) is 23.6 Å². The topological polar surface area (TPSA) is 91.6 Å². The van der Waals surface area contributed by atoms with Gasteiger partial charge in [-0.05, 0) is 105 Å². The van der Waals surface area contributed by atoms with E-state index in [2.05, 4.69) is 5.32 Å². The monoisotopic (exact) mass is 755 g/mol. The number of rotatable bonds is 13. The smallest absolute Gasteiger partial charge is 0.419 e. The Kier molecular flexibility index (Phi) is 11.5. The maximum Gasteiger partial charge on any atom is 0.419 e. The van der Waals surface area contributed by atoms with Gasteiger partial charge in [0.15, 0.2) is 0 Å². The fourth-order valence-electron chi connectivity index (χ4n) is 7.11. The molecule has 1 amide bonds. The second kappa shape index (κ2) is 15.2. The lowest BCUT2D eigenvalue weighted by Gasteiger charge is -2.31. The van der Waals surface area contributed by atoms with Gasteiger partial charge in [-0.25, -0.2) is 8.78 Å². The lowest BCUT2D eigenvalue weighted by atomic mass is 9.86. The fourth-order valence-corrected chi connectivity index (χ4v) is 7.11. The average Bonchev–Trinajstić information content (AvgIpc) is 3.84. The number of carbonyl (C=O) groups excluding carboxylic acids is 1. The van der Waals surface area contributed by atoms with Crippen LogP contribution in [0.25, 0.3) is 11.1 Å². The van der Waals surface area contributed by atoms with Crippen LogP contribution in [-0.2, 0) is 28.4 Å². The van der Waals surface area contributed by atoms with E-state index in [0.29, 0.717) is 36.3 Å². The Morgan fingerprint density at radius 2 is 1.60 bits per heavy atom. The molecule has 7 nitrogen and oxygen atoms in total. The van der Waals surface area contributed by atoms with E-state index in [9.17, 15) is 45.8 Å². The minimum atomic E-state index is -5.37. The summed E-state index contributed by atoms with van der Waals surface area (Å²) >= 11 is 0. The number of likely N-dealkylation sites (tertiary alicyclic amines) is 1. The zero-order valence-electron chi connectivity index (χ0n) is 29.7. The van der Waals surface area contributed by atoms with Crippen molar-refractivity contribution in [2.24, 2.45) is 5.92 Å². The average molecular weight is 756 g/mol. The summed E-state index contributed by atoms with van der Waals surface area (Å²) in [6.07, 6.45) is -8.44. The molecule has 2 N–H and O–H groups in total. The molecule has 0 radical (unpaired) electrons. The van der Waals surface area contributed by atoms with Gasteiger partial charge in [0.2, 0.25) is 5.91 Å². The van der Waals surface area contributed by atoms with Crippen LogP contribution in [0.3, 0.4) is 0 Å². The first-order valence-corrected chi connectivity index (χ1v) is 17.4. The maximum atomic E-state index is 16.7. The van der Waals surface area contributed by atoms with E-state index in [4.69, 9.17) is 0 Å². The van der Waals surface area contributed by atoms with E-state index >= 15 is 8.78 Å². The molecule has 1 aliphatic heterocycles. The highest BCUT2D eigenvalue weighted by molar-refractivity contribution is 5.82. The molecule has 3 aromatic rings. The number of carbonyl (C=O) groups is 2. The zero-order chi connectivity index (χ0) is 39.2. The van der Waals surface area contributed by atoms with Gasteiger partial charge in [-0.1, -0.05) is 26.0 Å². The first kappa shape index (κ1) is 39.9. The molecule has 2 atom stereocenters. The van der Waals surface area contributed by atoms with Crippen LogP contribution in [0.1, 0.15) is 103 Å². The lowest BCUT2D eigenvalue weighted by molar-refractivity contribution is -0.140. The summed E-state index contributed by atoms with van der Waals surface area (Å²) < 4.78 is 119. The minimum Gasteiger partial charge on any atom is -0.481 e. The molecule has 1 aliphatic carbocycles. The molecule has 1 saturated heterocycles. The van der Waals surface area contributed by atoms with Crippen LogP contribution in [0.15, 0.2) is 35.3 Å². The highest BCUT2D eigenvalue weighted by Gasteiger charge is 2.41.